The zero-order valence-electron chi connectivity index (χ0n) is 14.1. The first-order chi connectivity index (χ1) is 12.7. The van der Waals surface area contributed by atoms with Gasteiger partial charge in [-0.1, -0.05) is 0 Å². The number of anilines is 1. The van der Waals surface area contributed by atoms with Gasteiger partial charge >= 0.3 is 7.75 Å². The minimum Gasteiger partial charge on any atom is -0.387 e. The van der Waals surface area contributed by atoms with Gasteiger partial charge in [-0.25, -0.2) is 29.6 Å². The number of nitrogens with zero attached hydrogens (tertiary/aromatic N) is 4. The number of aliphatic hydroxyl groups excluding tert-OH is 3. The monoisotopic (exact) mass is 405 g/mol. The average Bonchev–Trinajstić information content (AvgIpc) is 3.16. The fourth-order valence-corrected chi connectivity index (χ4v) is 3.30. The number of rotatable bonds is 7. The van der Waals surface area contributed by atoms with E-state index in [4.69, 9.17) is 16.0 Å². The van der Waals surface area contributed by atoms with Crippen molar-refractivity contribution in [3.63, 3.8) is 0 Å². The molecule has 3 rings (SSSR count). The van der Waals surface area contributed by atoms with E-state index in [0.29, 0.717) is 0 Å². The highest BCUT2D eigenvalue weighted by atomic mass is 31.2. The third kappa shape index (κ3) is 3.94. The lowest BCUT2D eigenvalue weighted by atomic mass is 10.1. The van der Waals surface area contributed by atoms with Crippen molar-refractivity contribution in [2.45, 2.75) is 37.7 Å². The highest BCUT2D eigenvalue weighted by Crippen LogP contribution is 2.38. The third-order valence-corrected chi connectivity index (χ3v) is 4.84. The van der Waals surface area contributed by atoms with Crippen LogP contribution in [0.3, 0.4) is 0 Å². The fourth-order valence-electron chi connectivity index (χ4n) is 2.63. The number of nitrogens with one attached hydrogen (secondary N) is 1. The number of hydrogen-bond acceptors (Lipinski definition) is 12. The first kappa shape index (κ1) is 20.0. The molecule has 0 aromatic carbocycles. The van der Waals surface area contributed by atoms with Crippen molar-refractivity contribution < 1.29 is 33.8 Å². The summed E-state index contributed by atoms with van der Waals surface area (Å²) in [4.78, 5) is 11.9. The van der Waals surface area contributed by atoms with Crippen molar-refractivity contribution >= 4 is 24.7 Å². The van der Waals surface area contributed by atoms with E-state index in [0.717, 1.165) is 0 Å². The normalized spacial score (nSPS) is 29.1. The quantitative estimate of drug-likeness (QED) is 0.167. The van der Waals surface area contributed by atoms with Crippen LogP contribution in [0.5, 0.6) is 0 Å². The Labute approximate surface area is 152 Å². The van der Waals surface area contributed by atoms with Crippen LogP contribution < -0.4 is 16.7 Å². The minimum atomic E-state index is -3.94. The number of hydrogen-bond donors (Lipinski definition) is 6. The van der Waals surface area contributed by atoms with Crippen molar-refractivity contribution in [1.82, 2.24) is 25.0 Å². The van der Waals surface area contributed by atoms with Gasteiger partial charge in [-0.3, -0.25) is 9.09 Å². The highest BCUT2D eigenvalue weighted by Gasteiger charge is 2.48. The second-order valence-corrected chi connectivity index (χ2v) is 7.19. The summed E-state index contributed by atoms with van der Waals surface area (Å²) in [6.45, 7) is 1.57. The Kier molecular flexibility index (Phi) is 5.71. The van der Waals surface area contributed by atoms with Gasteiger partial charge in [0.25, 0.3) is 0 Å². The summed E-state index contributed by atoms with van der Waals surface area (Å²) in [5.41, 5.74) is 13.5. The van der Waals surface area contributed by atoms with Gasteiger partial charge in [-0.15, -0.1) is 0 Å². The SMILES string of the molecule is CCOP(N)(=O)ONC(O)[C@H]1O[C@@H](n2cnc3c(N)ncnc32)[C@H](O)[C@@H]1O. The topological polar surface area (TPSA) is 213 Å². The smallest absolute Gasteiger partial charge is 0.387 e. The zero-order valence-corrected chi connectivity index (χ0v) is 15.0. The molecule has 0 saturated carbocycles. The molecular weight excluding hydrogens is 385 g/mol. The van der Waals surface area contributed by atoms with E-state index in [2.05, 4.69) is 24.1 Å². The van der Waals surface area contributed by atoms with E-state index in [-0.39, 0.29) is 23.6 Å². The number of aliphatic hydroxyl groups is 3. The number of hydroxylamine groups is 1. The number of ether oxygens (including phenoxy) is 1. The van der Waals surface area contributed by atoms with Crippen LogP contribution in [0.4, 0.5) is 5.82 Å². The average molecular weight is 405 g/mol. The van der Waals surface area contributed by atoms with Gasteiger partial charge in [0.1, 0.15) is 30.2 Å². The molecule has 27 heavy (non-hydrogen) atoms. The molecule has 3 heterocycles. The Morgan fingerprint density at radius 1 is 1.41 bits per heavy atom. The highest BCUT2D eigenvalue weighted by molar-refractivity contribution is 7.51. The van der Waals surface area contributed by atoms with Gasteiger partial charge in [0, 0.05) is 0 Å². The molecular formula is C12H20N7O7P. The second-order valence-electron chi connectivity index (χ2n) is 5.67. The van der Waals surface area contributed by atoms with E-state index >= 15 is 0 Å². The van der Waals surface area contributed by atoms with Gasteiger partial charge in [0.15, 0.2) is 23.9 Å². The summed E-state index contributed by atoms with van der Waals surface area (Å²) in [5, 5.41) is 30.6. The number of imidazole rings is 1. The molecule has 1 aliphatic heterocycles. The Morgan fingerprint density at radius 3 is 2.85 bits per heavy atom. The van der Waals surface area contributed by atoms with Crippen molar-refractivity contribution in [2.75, 3.05) is 12.3 Å². The lowest BCUT2D eigenvalue weighted by molar-refractivity contribution is -0.124. The molecule has 0 amide bonds. The molecule has 2 aromatic heterocycles. The molecule has 14 nitrogen and oxygen atoms in total. The maximum Gasteiger partial charge on any atom is 0.419 e. The second kappa shape index (κ2) is 7.71. The summed E-state index contributed by atoms with van der Waals surface area (Å²) in [5.74, 6) is 0.132. The minimum absolute atomic E-state index is 0.0214. The number of aromatic nitrogens is 4. The molecule has 1 saturated heterocycles. The summed E-state index contributed by atoms with van der Waals surface area (Å²) in [6.07, 6.45) is -4.65. The maximum absolute atomic E-state index is 11.7. The van der Waals surface area contributed by atoms with Crippen LogP contribution in [0, 0.1) is 0 Å². The van der Waals surface area contributed by atoms with Gasteiger partial charge in [0.05, 0.1) is 12.9 Å². The van der Waals surface area contributed by atoms with Crippen molar-refractivity contribution in [3.05, 3.63) is 12.7 Å². The van der Waals surface area contributed by atoms with Crippen LogP contribution in [-0.2, 0) is 18.5 Å². The molecule has 2 aromatic rings. The summed E-state index contributed by atoms with van der Waals surface area (Å²) < 4.78 is 27.8. The Bertz CT molecular complexity index is 851. The number of nitrogen functional groups attached to an aromatic ring is 1. The molecule has 1 aliphatic rings. The molecule has 0 radical (unpaired) electrons. The van der Waals surface area contributed by atoms with E-state index in [1.54, 1.807) is 6.92 Å². The van der Waals surface area contributed by atoms with Crippen LogP contribution in [-0.4, -0.2) is 66.0 Å². The summed E-state index contributed by atoms with van der Waals surface area (Å²) in [6, 6.07) is 0. The van der Waals surface area contributed by atoms with E-state index in [1.165, 1.54) is 17.2 Å². The Morgan fingerprint density at radius 2 is 2.15 bits per heavy atom. The molecule has 0 spiro atoms. The Balaban J connectivity index is 1.75. The van der Waals surface area contributed by atoms with Crippen molar-refractivity contribution in [2.24, 2.45) is 5.50 Å². The first-order valence-corrected chi connectivity index (χ1v) is 9.46. The molecule has 150 valence electrons. The van der Waals surface area contributed by atoms with E-state index in [9.17, 15) is 19.9 Å². The maximum atomic E-state index is 11.7. The van der Waals surface area contributed by atoms with Crippen LogP contribution in [0.1, 0.15) is 13.2 Å². The third-order valence-electron chi connectivity index (χ3n) is 3.86. The van der Waals surface area contributed by atoms with Gasteiger partial charge in [-0.2, -0.15) is 5.48 Å². The van der Waals surface area contributed by atoms with Gasteiger partial charge in [0.2, 0.25) is 0 Å². The molecule has 0 aliphatic carbocycles. The Hall–Kier alpha value is -1.74. The predicted octanol–water partition coefficient (Wildman–Crippen LogP) is -2.03. The summed E-state index contributed by atoms with van der Waals surface area (Å²) in [7, 11) is -3.94. The van der Waals surface area contributed by atoms with Crippen LogP contribution >= 0.6 is 7.75 Å². The molecule has 6 atom stereocenters. The lowest BCUT2D eigenvalue weighted by Crippen LogP contribution is -2.46. The number of nitrogens with two attached hydrogens (primary N) is 2. The van der Waals surface area contributed by atoms with Crippen LogP contribution in [0.25, 0.3) is 11.2 Å². The van der Waals surface area contributed by atoms with E-state index in [1.807, 2.05) is 5.48 Å². The molecule has 0 bridgehead atoms. The first-order valence-electron chi connectivity index (χ1n) is 7.85. The molecule has 15 heteroatoms. The fraction of sp³-hybridized carbons (Fsp3) is 0.583. The molecule has 2 unspecified atom stereocenters. The van der Waals surface area contributed by atoms with Crippen molar-refractivity contribution in [1.29, 1.82) is 0 Å². The molecule has 8 N–H and O–H groups in total. The van der Waals surface area contributed by atoms with Gasteiger partial charge < -0.3 is 25.8 Å². The van der Waals surface area contributed by atoms with Crippen molar-refractivity contribution in [3.8, 4) is 0 Å². The van der Waals surface area contributed by atoms with E-state index < -0.39 is 38.5 Å². The number of fused-ring (bicyclic) bond motifs is 1. The van der Waals surface area contributed by atoms with Crippen LogP contribution in [0.2, 0.25) is 0 Å². The lowest BCUT2D eigenvalue weighted by Gasteiger charge is -2.22. The predicted molar refractivity (Wildman–Crippen MR) is 89.3 cm³/mol. The zero-order chi connectivity index (χ0) is 19.8. The summed E-state index contributed by atoms with van der Waals surface area (Å²) >= 11 is 0. The standard InChI is InChI=1S/C12H20N7O7P/c1-2-24-27(14,23)26-18-11(22)8-6(20)7(21)12(25-8)19-4-17-5-9(13)15-3-16-10(5)19/h3-4,6-8,11-12,18,20-22H,2H2,1H3,(H2,14,23)(H2,13,15,16)/t6-,7+,8-,11?,12+,27?/m0/s1. The van der Waals surface area contributed by atoms with Gasteiger partial charge in [-0.05, 0) is 6.92 Å². The largest absolute Gasteiger partial charge is 0.419 e. The molecule has 1 fully saturated rings. The van der Waals surface area contributed by atoms with Crippen LogP contribution in [0.15, 0.2) is 12.7 Å².